The third-order valence-corrected chi connectivity index (χ3v) is 4.26. The second-order valence-electron chi connectivity index (χ2n) is 5.54. The Kier molecular flexibility index (Phi) is 6.33. The third-order valence-electron chi connectivity index (χ3n) is 3.65. The number of rotatable bonds is 5. The minimum absolute atomic E-state index is 0.0259. The molecule has 8 nitrogen and oxygen atoms in total. The number of hydrogen-bond acceptors (Lipinski definition) is 6. The molecule has 1 heterocycles. The largest absolute Gasteiger partial charge is 0.374 e. The van der Waals surface area contributed by atoms with Gasteiger partial charge in [0.25, 0.3) is 5.91 Å². The SMILES string of the molecule is C#Cc1cccc(C(=O)Nc2nonc2/C(=N/CO)Nc2ccc(F)c(Br)c2)c1. The van der Waals surface area contributed by atoms with Gasteiger partial charge >= 0.3 is 0 Å². The number of terminal acetylenes is 1. The molecule has 0 aliphatic rings. The number of amidine groups is 1. The smallest absolute Gasteiger partial charge is 0.257 e. The van der Waals surface area contributed by atoms with Crippen LogP contribution in [-0.4, -0.2) is 33.9 Å². The zero-order valence-corrected chi connectivity index (χ0v) is 16.3. The number of carbonyl (C=O) groups excluding carboxylic acids is 1. The fourth-order valence-corrected chi connectivity index (χ4v) is 2.69. The predicted octanol–water partition coefficient (Wildman–Crippen LogP) is 3.01. The zero-order chi connectivity index (χ0) is 20.8. The molecular weight excluding hydrogens is 445 g/mol. The number of anilines is 2. The van der Waals surface area contributed by atoms with Crippen LogP contribution in [0.2, 0.25) is 0 Å². The molecule has 0 bridgehead atoms. The van der Waals surface area contributed by atoms with Gasteiger partial charge in [0.1, 0.15) is 12.5 Å². The number of aliphatic hydroxyl groups excluding tert-OH is 1. The summed E-state index contributed by atoms with van der Waals surface area (Å²) in [6.07, 6.45) is 5.35. The first-order chi connectivity index (χ1) is 14.0. The van der Waals surface area contributed by atoms with E-state index in [0.29, 0.717) is 16.8 Å². The van der Waals surface area contributed by atoms with Crippen LogP contribution >= 0.6 is 15.9 Å². The number of aliphatic imine (C=N–C) groups is 1. The maximum Gasteiger partial charge on any atom is 0.257 e. The molecule has 0 radical (unpaired) electrons. The first-order valence-electron chi connectivity index (χ1n) is 8.10. The maximum atomic E-state index is 13.4. The number of benzene rings is 2. The van der Waals surface area contributed by atoms with Crippen molar-refractivity contribution in [1.29, 1.82) is 0 Å². The maximum absolute atomic E-state index is 13.4. The van der Waals surface area contributed by atoms with Crippen molar-refractivity contribution in [2.45, 2.75) is 0 Å². The summed E-state index contributed by atoms with van der Waals surface area (Å²) in [6.45, 7) is -0.574. The van der Waals surface area contributed by atoms with E-state index in [-0.39, 0.29) is 21.8 Å². The van der Waals surface area contributed by atoms with E-state index in [1.165, 1.54) is 18.2 Å². The molecule has 0 fully saturated rings. The summed E-state index contributed by atoms with van der Waals surface area (Å²) in [5, 5.41) is 22.1. The molecule has 0 aliphatic heterocycles. The number of aliphatic hydroxyl groups is 1. The Labute approximate surface area is 172 Å². The average molecular weight is 458 g/mol. The fourth-order valence-electron chi connectivity index (χ4n) is 2.31. The third kappa shape index (κ3) is 4.84. The molecule has 146 valence electrons. The van der Waals surface area contributed by atoms with Crippen LogP contribution in [0.4, 0.5) is 15.9 Å². The van der Waals surface area contributed by atoms with Crippen molar-refractivity contribution in [3.05, 3.63) is 69.6 Å². The van der Waals surface area contributed by atoms with Gasteiger partial charge in [0.2, 0.25) is 5.82 Å². The van der Waals surface area contributed by atoms with Gasteiger partial charge in [0.15, 0.2) is 11.5 Å². The summed E-state index contributed by atoms with van der Waals surface area (Å²) in [5.41, 5.74) is 1.35. The van der Waals surface area contributed by atoms with Crippen LogP contribution in [0.15, 0.2) is 56.6 Å². The number of halogens is 2. The number of nitrogens with one attached hydrogen (secondary N) is 2. The minimum atomic E-state index is -0.574. The first-order valence-corrected chi connectivity index (χ1v) is 8.89. The van der Waals surface area contributed by atoms with Gasteiger partial charge < -0.3 is 15.7 Å². The molecule has 3 N–H and O–H groups in total. The van der Waals surface area contributed by atoms with Crippen molar-refractivity contribution in [3.8, 4) is 12.3 Å². The monoisotopic (exact) mass is 457 g/mol. The lowest BCUT2D eigenvalue weighted by atomic mass is 10.1. The highest BCUT2D eigenvalue weighted by Crippen LogP contribution is 2.21. The molecule has 0 atom stereocenters. The fraction of sp³-hybridized carbons (Fsp3) is 0.0526. The van der Waals surface area contributed by atoms with Crippen LogP contribution in [0.1, 0.15) is 21.6 Å². The van der Waals surface area contributed by atoms with Gasteiger partial charge in [-0.05, 0) is 62.6 Å². The normalized spacial score (nSPS) is 11.0. The molecule has 0 unspecified atom stereocenters. The number of aromatic nitrogens is 2. The Morgan fingerprint density at radius 1 is 1.28 bits per heavy atom. The molecule has 0 aliphatic carbocycles. The van der Waals surface area contributed by atoms with E-state index in [9.17, 15) is 14.3 Å². The van der Waals surface area contributed by atoms with Crippen LogP contribution in [0.5, 0.6) is 0 Å². The quantitative estimate of drug-likeness (QED) is 0.308. The van der Waals surface area contributed by atoms with Gasteiger partial charge in [-0.2, -0.15) is 0 Å². The van der Waals surface area contributed by atoms with Crippen LogP contribution in [0, 0.1) is 18.2 Å². The predicted molar refractivity (Wildman–Crippen MR) is 108 cm³/mol. The summed E-state index contributed by atoms with van der Waals surface area (Å²) < 4.78 is 18.4. The van der Waals surface area contributed by atoms with Gasteiger partial charge in [-0.1, -0.05) is 12.0 Å². The van der Waals surface area contributed by atoms with Crippen molar-refractivity contribution in [3.63, 3.8) is 0 Å². The molecule has 29 heavy (non-hydrogen) atoms. The van der Waals surface area contributed by atoms with Crippen molar-refractivity contribution >= 4 is 39.2 Å². The highest BCUT2D eigenvalue weighted by atomic mass is 79.9. The number of amides is 1. The minimum Gasteiger partial charge on any atom is -0.374 e. The summed E-state index contributed by atoms with van der Waals surface area (Å²) >= 11 is 3.09. The van der Waals surface area contributed by atoms with Crippen LogP contribution < -0.4 is 10.6 Å². The Balaban J connectivity index is 1.85. The zero-order valence-electron chi connectivity index (χ0n) is 14.7. The van der Waals surface area contributed by atoms with E-state index in [4.69, 9.17) is 11.1 Å². The number of carbonyl (C=O) groups is 1. The van der Waals surface area contributed by atoms with Crippen molar-refractivity contribution in [2.24, 2.45) is 4.99 Å². The summed E-state index contributed by atoms with van der Waals surface area (Å²) in [6, 6.07) is 10.6. The Bertz CT molecular complexity index is 1120. The number of hydrogen-bond donors (Lipinski definition) is 3. The Hall–Kier alpha value is -3.55. The van der Waals surface area contributed by atoms with Crippen molar-refractivity contribution in [2.75, 3.05) is 17.4 Å². The highest BCUT2D eigenvalue weighted by Gasteiger charge is 2.20. The van der Waals surface area contributed by atoms with E-state index in [1.54, 1.807) is 24.3 Å². The Morgan fingerprint density at radius 2 is 2.10 bits per heavy atom. The summed E-state index contributed by atoms with van der Waals surface area (Å²) in [5.74, 6) is 1.54. The van der Waals surface area contributed by atoms with Crippen molar-refractivity contribution in [1.82, 2.24) is 10.3 Å². The second kappa shape index (κ2) is 9.09. The van der Waals surface area contributed by atoms with Gasteiger partial charge in [-0.15, -0.1) is 6.42 Å². The van der Waals surface area contributed by atoms with Gasteiger partial charge in [-0.3, -0.25) is 4.79 Å². The molecule has 1 amide bonds. The molecule has 0 saturated carbocycles. The lowest BCUT2D eigenvalue weighted by Gasteiger charge is -2.09. The van der Waals surface area contributed by atoms with Crippen LogP contribution in [0.25, 0.3) is 0 Å². The second-order valence-corrected chi connectivity index (χ2v) is 6.40. The topological polar surface area (TPSA) is 113 Å². The van der Waals surface area contributed by atoms with Gasteiger partial charge in [-0.25, -0.2) is 14.0 Å². The number of nitrogens with zero attached hydrogens (tertiary/aromatic N) is 3. The Morgan fingerprint density at radius 3 is 2.83 bits per heavy atom. The lowest BCUT2D eigenvalue weighted by Crippen LogP contribution is -2.20. The first kappa shape index (κ1) is 20.2. The molecule has 1 aromatic heterocycles. The van der Waals surface area contributed by atoms with Gasteiger partial charge in [0, 0.05) is 16.8 Å². The van der Waals surface area contributed by atoms with E-state index in [0.717, 1.165) is 0 Å². The van der Waals surface area contributed by atoms with Gasteiger partial charge in [0.05, 0.1) is 4.47 Å². The molecule has 0 saturated heterocycles. The van der Waals surface area contributed by atoms with E-state index in [1.807, 2.05) is 0 Å². The molecule has 3 rings (SSSR count). The lowest BCUT2D eigenvalue weighted by molar-refractivity contribution is 0.102. The van der Waals surface area contributed by atoms with Crippen LogP contribution in [-0.2, 0) is 0 Å². The summed E-state index contributed by atoms with van der Waals surface area (Å²) in [7, 11) is 0. The summed E-state index contributed by atoms with van der Waals surface area (Å²) in [4.78, 5) is 16.4. The van der Waals surface area contributed by atoms with E-state index < -0.39 is 18.5 Å². The highest BCUT2D eigenvalue weighted by molar-refractivity contribution is 9.10. The van der Waals surface area contributed by atoms with E-state index >= 15 is 0 Å². The van der Waals surface area contributed by atoms with Crippen LogP contribution in [0.3, 0.4) is 0 Å². The molecule has 3 aromatic rings. The average Bonchev–Trinajstić information content (AvgIpc) is 3.18. The molecular formula is C19H13BrFN5O3. The van der Waals surface area contributed by atoms with E-state index in [2.05, 4.69) is 47.8 Å². The molecule has 10 heteroatoms. The molecule has 2 aromatic carbocycles. The standard InChI is InChI=1S/C19H13BrFN5O3/c1-2-11-4-3-5-12(8-11)19(28)24-18-16(25-29-26-18)17(22-10-27)23-13-6-7-15(21)14(20)9-13/h1,3-9,27H,10H2,(H,22,23)(H,24,26,28). The molecule has 0 spiro atoms. The van der Waals surface area contributed by atoms with Crippen molar-refractivity contribution < 1.29 is 18.9 Å².